The molecular weight excluding hydrogens is 247 g/mol. The number of halogens is 3. The molecule has 0 radical (unpaired) electrons. The van der Waals surface area contributed by atoms with Crippen molar-refractivity contribution in [1.82, 2.24) is 0 Å². The van der Waals surface area contributed by atoms with Crippen LogP contribution in [0.4, 0.5) is 18.9 Å². The van der Waals surface area contributed by atoms with E-state index in [4.69, 9.17) is 0 Å². The Morgan fingerprint density at radius 2 is 1.83 bits per heavy atom. The van der Waals surface area contributed by atoms with E-state index in [0.29, 0.717) is 6.42 Å². The lowest BCUT2D eigenvalue weighted by molar-refractivity contribution is -0.212. The Labute approximate surface area is 102 Å². The van der Waals surface area contributed by atoms with Crippen molar-refractivity contribution in [2.24, 2.45) is 0 Å². The number of hydrogen-bond donors (Lipinski definition) is 2. The van der Waals surface area contributed by atoms with Gasteiger partial charge < -0.3 is 10.4 Å². The van der Waals surface area contributed by atoms with Crippen molar-refractivity contribution in [2.45, 2.75) is 30.8 Å². The SMILES string of the molecule is O=C(Nc1ccc(F)cc1)C(F)(F)C1(O)CCC1. The summed E-state index contributed by atoms with van der Waals surface area (Å²) < 4.78 is 40.0. The molecule has 1 amide bonds. The summed E-state index contributed by atoms with van der Waals surface area (Å²) in [6, 6.07) is 4.44. The van der Waals surface area contributed by atoms with Crippen molar-refractivity contribution in [3.8, 4) is 0 Å². The molecule has 0 atom stereocenters. The van der Waals surface area contributed by atoms with Crippen LogP contribution in [0.3, 0.4) is 0 Å². The molecule has 0 heterocycles. The molecule has 0 spiro atoms. The topological polar surface area (TPSA) is 49.3 Å². The van der Waals surface area contributed by atoms with Crippen molar-refractivity contribution in [3.05, 3.63) is 30.1 Å². The van der Waals surface area contributed by atoms with Gasteiger partial charge in [-0.1, -0.05) is 0 Å². The van der Waals surface area contributed by atoms with Crippen LogP contribution in [0.2, 0.25) is 0 Å². The molecule has 0 bridgehead atoms. The zero-order chi connectivity index (χ0) is 13.4. The predicted molar refractivity (Wildman–Crippen MR) is 58.8 cm³/mol. The smallest absolute Gasteiger partial charge is 0.352 e. The molecule has 0 aromatic heterocycles. The van der Waals surface area contributed by atoms with E-state index in [9.17, 15) is 23.1 Å². The van der Waals surface area contributed by atoms with E-state index < -0.39 is 23.2 Å². The fraction of sp³-hybridized carbons (Fsp3) is 0.417. The lowest BCUT2D eigenvalue weighted by Gasteiger charge is -2.41. The molecule has 1 aliphatic carbocycles. The molecule has 2 rings (SSSR count). The van der Waals surface area contributed by atoms with Crippen molar-refractivity contribution in [3.63, 3.8) is 0 Å². The first-order chi connectivity index (χ1) is 8.35. The zero-order valence-electron chi connectivity index (χ0n) is 9.42. The van der Waals surface area contributed by atoms with Crippen LogP contribution >= 0.6 is 0 Å². The van der Waals surface area contributed by atoms with E-state index in [2.05, 4.69) is 0 Å². The lowest BCUT2D eigenvalue weighted by atomic mass is 9.75. The van der Waals surface area contributed by atoms with Crippen molar-refractivity contribution in [1.29, 1.82) is 0 Å². The number of carbonyl (C=O) groups excluding carboxylic acids is 1. The number of alkyl halides is 2. The van der Waals surface area contributed by atoms with E-state index in [1.54, 1.807) is 0 Å². The van der Waals surface area contributed by atoms with Gasteiger partial charge in [0.05, 0.1) is 0 Å². The maximum absolute atomic E-state index is 13.7. The van der Waals surface area contributed by atoms with Crippen LogP contribution in [0.15, 0.2) is 24.3 Å². The van der Waals surface area contributed by atoms with Crippen LogP contribution in [0.25, 0.3) is 0 Å². The molecule has 1 aliphatic rings. The third-order valence-corrected chi connectivity index (χ3v) is 3.15. The molecule has 98 valence electrons. The molecule has 0 aliphatic heterocycles. The van der Waals surface area contributed by atoms with Gasteiger partial charge in [-0.15, -0.1) is 0 Å². The Balaban J connectivity index is 2.09. The van der Waals surface area contributed by atoms with Gasteiger partial charge >= 0.3 is 5.92 Å². The lowest BCUT2D eigenvalue weighted by Crippen LogP contribution is -2.59. The number of rotatable bonds is 3. The summed E-state index contributed by atoms with van der Waals surface area (Å²) in [5.41, 5.74) is -2.19. The van der Waals surface area contributed by atoms with Crippen molar-refractivity contribution < 1.29 is 23.1 Å². The molecule has 1 saturated carbocycles. The normalized spacial score (nSPS) is 18.0. The minimum absolute atomic E-state index is 0.0593. The molecular formula is C12H12F3NO2. The molecule has 0 unspecified atom stereocenters. The molecule has 3 nitrogen and oxygen atoms in total. The second kappa shape index (κ2) is 4.28. The van der Waals surface area contributed by atoms with Crippen molar-refractivity contribution >= 4 is 11.6 Å². The summed E-state index contributed by atoms with van der Waals surface area (Å²) in [7, 11) is 0. The first-order valence-corrected chi connectivity index (χ1v) is 5.52. The number of benzene rings is 1. The van der Waals surface area contributed by atoms with Gasteiger partial charge in [0.1, 0.15) is 11.4 Å². The van der Waals surface area contributed by atoms with E-state index in [1.807, 2.05) is 5.32 Å². The number of hydrogen-bond acceptors (Lipinski definition) is 2. The maximum Gasteiger partial charge on any atom is 0.352 e. The van der Waals surface area contributed by atoms with Crippen LogP contribution < -0.4 is 5.32 Å². The van der Waals surface area contributed by atoms with Crippen LogP contribution in [-0.2, 0) is 4.79 Å². The van der Waals surface area contributed by atoms with Gasteiger partial charge in [0.2, 0.25) is 0 Å². The van der Waals surface area contributed by atoms with Gasteiger partial charge in [0, 0.05) is 5.69 Å². The predicted octanol–water partition coefficient (Wildman–Crippen LogP) is 2.31. The minimum Gasteiger partial charge on any atom is -0.383 e. The first kappa shape index (κ1) is 12.9. The van der Waals surface area contributed by atoms with Crippen LogP contribution in [-0.4, -0.2) is 22.5 Å². The van der Waals surface area contributed by atoms with E-state index in [-0.39, 0.29) is 18.5 Å². The van der Waals surface area contributed by atoms with Crippen molar-refractivity contribution in [2.75, 3.05) is 5.32 Å². The summed E-state index contributed by atoms with van der Waals surface area (Å²) >= 11 is 0. The van der Waals surface area contributed by atoms with Gasteiger partial charge in [-0.2, -0.15) is 8.78 Å². The van der Waals surface area contributed by atoms with E-state index >= 15 is 0 Å². The Morgan fingerprint density at radius 3 is 2.28 bits per heavy atom. The first-order valence-electron chi connectivity index (χ1n) is 5.52. The molecule has 1 fully saturated rings. The third-order valence-electron chi connectivity index (χ3n) is 3.15. The number of amides is 1. The molecule has 6 heteroatoms. The minimum atomic E-state index is -3.85. The molecule has 1 aromatic carbocycles. The average Bonchev–Trinajstić information content (AvgIpc) is 2.28. The molecule has 0 saturated heterocycles. The highest BCUT2D eigenvalue weighted by Gasteiger charge is 2.61. The molecule has 1 aromatic rings. The Bertz CT molecular complexity index is 455. The Kier molecular flexibility index (Phi) is 3.06. The van der Waals surface area contributed by atoms with Gasteiger partial charge in [-0.25, -0.2) is 4.39 Å². The monoisotopic (exact) mass is 259 g/mol. The summed E-state index contributed by atoms with van der Waals surface area (Å²) in [5.74, 6) is -5.95. The summed E-state index contributed by atoms with van der Waals surface area (Å²) in [4.78, 5) is 11.4. The zero-order valence-corrected chi connectivity index (χ0v) is 9.42. The number of aliphatic hydroxyl groups is 1. The van der Waals surface area contributed by atoms with Crippen LogP contribution in [0, 0.1) is 5.82 Å². The standard InChI is InChI=1S/C12H12F3NO2/c13-8-2-4-9(5-3-8)16-10(17)12(14,15)11(18)6-1-7-11/h2-5,18H,1,6-7H2,(H,16,17). The number of nitrogens with one attached hydrogen (secondary N) is 1. The fourth-order valence-corrected chi connectivity index (χ4v) is 1.78. The molecule has 18 heavy (non-hydrogen) atoms. The fourth-order valence-electron chi connectivity index (χ4n) is 1.78. The Morgan fingerprint density at radius 1 is 1.28 bits per heavy atom. The Hall–Kier alpha value is -1.56. The second-order valence-corrected chi connectivity index (χ2v) is 4.42. The van der Waals surface area contributed by atoms with Gasteiger partial charge in [0.25, 0.3) is 5.91 Å². The summed E-state index contributed by atoms with van der Waals surface area (Å²) in [5, 5.41) is 11.5. The van der Waals surface area contributed by atoms with E-state index in [0.717, 1.165) is 12.1 Å². The highest BCUT2D eigenvalue weighted by molar-refractivity contribution is 5.97. The second-order valence-electron chi connectivity index (χ2n) is 4.42. The van der Waals surface area contributed by atoms with Gasteiger partial charge in [0.15, 0.2) is 0 Å². The van der Waals surface area contributed by atoms with Gasteiger partial charge in [-0.05, 0) is 43.5 Å². The highest BCUT2D eigenvalue weighted by Crippen LogP contribution is 2.44. The summed E-state index contributed by atoms with van der Waals surface area (Å²) in [6.07, 6.45) is 0.267. The third kappa shape index (κ3) is 2.08. The summed E-state index contributed by atoms with van der Waals surface area (Å²) in [6.45, 7) is 0. The van der Waals surface area contributed by atoms with E-state index in [1.165, 1.54) is 12.1 Å². The largest absolute Gasteiger partial charge is 0.383 e. The van der Waals surface area contributed by atoms with Crippen LogP contribution in [0.1, 0.15) is 19.3 Å². The van der Waals surface area contributed by atoms with Crippen LogP contribution in [0.5, 0.6) is 0 Å². The highest BCUT2D eigenvalue weighted by atomic mass is 19.3. The quantitative estimate of drug-likeness (QED) is 0.875. The average molecular weight is 259 g/mol. The maximum atomic E-state index is 13.7. The van der Waals surface area contributed by atoms with Gasteiger partial charge in [-0.3, -0.25) is 4.79 Å². The number of carbonyl (C=O) groups is 1. The molecule has 2 N–H and O–H groups in total. The number of anilines is 1.